The SMILES string of the molecule is O=P1(c2ccccc2)CCCP(=O)(c2ccccc2)CCC1. The summed E-state index contributed by atoms with van der Waals surface area (Å²) < 4.78 is 26.5. The van der Waals surface area contributed by atoms with Crippen LogP contribution in [0, 0.1) is 0 Å². The molecule has 3 rings (SSSR count). The van der Waals surface area contributed by atoms with Crippen LogP contribution in [0.2, 0.25) is 0 Å². The summed E-state index contributed by atoms with van der Waals surface area (Å²) in [6.07, 6.45) is 4.33. The molecule has 1 aliphatic heterocycles. The lowest BCUT2D eigenvalue weighted by molar-refractivity contribution is 0.571. The fraction of sp³-hybridized carbons (Fsp3) is 0.333. The highest BCUT2D eigenvalue weighted by molar-refractivity contribution is 7.73. The van der Waals surface area contributed by atoms with E-state index in [0.717, 1.165) is 23.5 Å². The topological polar surface area (TPSA) is 34.1 Å². The molecule has 1 aliphatic rings. The quantitative estimate of drug-likeness (QED) is 0.774. The third-order valence-corrected chi connectivity index (χ3v) is 11.2. The molecular weight excluding hydrogens is 310 g/mol. The molecule has 0 atom stereocenters. The molecule has 116 valence electrons. The van der Waals surface area contributed by atoms with Crippen LogP contribution in [0.5, 0.6) is 0 Å². The number of rotatable bonds is 2. The highest BCUT2D eigenvalue weighted by Gasteiger charge is 2.32. The van der Waals surface area contributed by atoms with Crippen molar-refractivity contribution in [3.8, 4) is 0 Å². The highest BCUT2D eigenvalue weighted by Crippen LogP contribution is 2.54. The summed E-state index contributed by atoms with van der Waals surface area (Å²) in [5, 5.41) is 1.98. The smallest absolute Gasteiger partial charge is 0.115 e. The average Bonchev–Trinajstić information content (AvgIpc) is 2.55. The van der Waals surface area contributed by atoms with Crippen molar-refractivity contribution >= 4 is 24.9 Å². The van der Waals surface area contributed by atoms with Gasteiger partial charge in [-0.1, -0.05) is 60.7 Å². The van der Waals surface area contributed by atoms with Gasteiger partial charge in [0.05, 0.1) is 0 Å². The molecule has 0 saturated carbocycles. The minimum atomic E-state index is -2.31. The van der Waals surface area contributed by atoms with Gasteiger partial charge in [0.1, 0.15) is 14.3 Å². The molecule has 1 fully saturated rings. The van der Waals surface area contributed by atoms with Crippen LogP contribution in [0.4, 0.5) is 0 Å². The van der Waals surface area contributed by atoms with Crippen LogP contribution >= 0.6 is 14.3 Å². The van der Waals surface area contributed by atoms with E-state index < -0.39 is 14.3 Å². The molecule has 0 aliphatic carbocycles. The van der Waals surface area contributed by atoms with E-state index in [9.17, 15) is 9.13 Å². The predicted octanol–water partition coefficient (Wildman–Crippen LogP) is 4.16. The first-order valence-electron chi connectivity index (χ1n) is 7.90. The highest BCUT2D eigenvalue weighted by atomic mass is 31.2. The number of benzene rings is 2. The van der Waals surface area contributed by atoms with Crippen molar-refractivity contribution < 1.29 is 9.13 Å². The standard InChI is InChI=1S/C18H22O2P2/c19-21(17-9-3-1-4-10-17)13-7-15-22(20,16-8-14-21)18-11-5-2-6-12-18/h1-6,9-12H,7-8,13-16H2. The van der Waals surface area contributed by atoms with Gasteiger partial charge in [0, 0.05) is 35.3 Å². The zero-order chi connectivity index (χ0) is 15.5. The Morgan fingerprint density at radius 1 is 0.545 bits per heavy atom. The number of hydrogen-bond donors (Lipinski definition) is 0. The van der Waals surface area contributed by atoms with Gasteiger partial charge in [-0.2, -0.15) is 0 Å². The maximum atomic E-state index is 13.3. The minimum Gasteiger partial charge on any atom is -0.319 e. The van der Waals surface area contributed by atoms with Crippen LogP contribution in [-0.4, -0.2) is 24.6 Å². The van der Waals surface area contributed by atoms with E-state index in [-0.39, 0.29) is 0 Å². The Morgan fingerprint density at radius 2 is 0.864 bits per heavy atom. The van der Waals surface area contributed by atoms with Gasteiger partial charge in [-0.15, -0.1) is 0 Å². The molecule has 22 heavy (non-hydrogen) atoms. The molecule has 0 spiro atoms. The Hall–Kier alpha value is -1.10. The van der Waals surface area contributed by atoms with Gasteiger partial charge < -0.3 is 9.13 Å². The molecular formula is C18H22O2P2. The van der Waals surface area contributed by atoms with Crippen LogP contribution in [-0.2, 0) is 9.13 Å². The van der Waals surface area contributed by atoms with E-state index in [4.69, 9.17) is 0 Å². The Balaban J connectivity index is 1.79. The van der Waals surface area contributed by atoms with E-state index >= 15 is 0 Å². The van der Waals surface area contributed by atoms with Crippen LogP contribution in [0.15, 0.2) is 60.7 Å². The fourth-order valence-electron chi connectivity index (χ4n) is 3.30. The van der Waals surface area contributed by atoms with E-state index in [2.05, 4.69) is 0 Å². The molecule has 2 aromatic rings. The summed E-state index contributed by atoms with van der Waals surface area (Å²) in [7, 11) is -4.61. The maximum Gasteiger partial charge on any atom is 0.115 e. The van der Waals surface area contributed by atoms with Gasteiger partial charge in [-0.3, -0.25) is 0 Å². The van der Waals surface area contributed by atoms with Crippen molar-refractivity contribution in [3.05, 3.63) is 60.7 Å². The van der Waals surface area contributed by atoms with Crippen molar-refractivity contribution in [2.24, 2.45) is 0 Å². The largest absolute Gasteiger partial charge is 0.319 e. The van der Waals surface area contributed by atoms with E-state index in [1.165, 1.54) is 0 Å². The van der Waals surface area contributed by atoms with Crippen LogP contribution < -0.4 is 10.6 Å². The average molecular weight is 332 g/mol. The first kappa shape index (κ1) is 15.8. The van der Waals surface area contributed by atoms with Crippen LogP contribution in [0.3, 0.4) is 0 Å². The van der Waals surface area contributed by atoms with Crippen molar-refractivity contribution in [2.75, 3.05) is 24.6 Å². The normalized spacial score (nSPS) is 29.5. The van der Waals surface area contributed by atoms with Gasteiger partial charge in [-0.25, -0.2) is 0 Å². The Bertz CT molecular complexity index is 631. The lowest BCUT2D eigenvalue weighted by Crippen LogP contribution is -2.19. The molecule has 0 bridgehead atoms. The van der Waals surface area contributed by atoms with E-state index in [1.54, 1.807) is 0 Å². The van der Waals surface area contributed by atoms with Crippen molar-refractivity contribution in [3.63, 3.8) is 0 Å². The van der Waals surface area contributed by atoms with Gasteiger partial charge in [0.2, 0.25) is 0 Å². The summed E-state index contributed by atoms with van der Waals surface area (Å²) in [6.45, 7) is 0. The second-order valence-corrected chi connectivity index (χ2v) is 12.4. The summed E-state index contributed by atoms with van der Waals surface area (Å²) in [5.41, 5.74) is 0. The molecule has 0 unspecified atom stereocenters. The van der Waals surface area contributed by atoms with E-state index in [0.29, 0.717) is 24.6 Å². The molecule has 2 nitrogen and oxygen atoms in total. The van der Waals surface area contributed by atoms with Gasteiger partial charge in [-0.05, 0) is 12.8 Å². The third kappa shape index (κ3) is 3.29. The van der Waals surface area contributed by atoms with Crippen molar-refractivity contribution in [1.29, 1.82) is 0 Å². The molecule has 1 saturated heterocycles. The van der Waals surface area contributed by atoms with Gasteiger partial charge >= 0.3 is 0 Å². The monoisotopic (exact) mass is 332 g/mol. The van der Waals surface area contributed by atoms with Crippen LogP contribution in [0.1, 0.15) is 12.8 Å². The lowest BCUT2D eigenvalue weighted by Gasteiger charge is -2.26. The molecule has 0 N–H and O–H groups in total. The van der Waals surface area contributed by atoms with Crippen LogP contribution in [0.25, 0.3) is 0 Å². The molecule has 2 aromatic carbocycles. The first-order chi connectivity index (χ1) is 10.6. The second-order valence-electron chi connectivity index (χ2n) is 6.05. The predicted molar refractivity (Wildman–Crippen MR) is 96.1 cm³/mol. The molecule has 0 radical (unpaired) electrons. The lowest BCUT2D eigenvalue weighted by atomic mass is 10.4. The Morgan fingerprint density at radius 3 is 1.18 bits per heavy atom. The zero-order valence-electron chi connectivity index (χ0n) is 12.7. The maximum absolute atomic E-state index is 13.3. The summed E-state index contributed by atoms with van der Waals surface area (Å²) >= 11 is 0. The van der Waals surface area contributed by atoms with Crippen molar-refractivity contribution in [1.82, 2.24) is 0 Å². The minimum absolute atomic E-state index is 0.688. The zero-order valence-corrected chi connectivity index (χ0v) is 14.5. The fourth-order valence-corrected chi connectivity index (χ4v) is 9.39. The molecule has 4 heteroatoms. The van der Waals surface area contributed by atoms with Gasteiger partial charge in [0.15, 0.2) is 0 Å². The molecule has 0 amide bonds. The molecule has 1 heterocycles. The number of hydrogen-bond acceptors (Lipinski definition) is 2. The Labute approximate surface area is 132 Å². The first-order valence-corrected chi connectivity index (χ1v) is 12.1. The molecule has 0 aromatic heterocycles. The summed E-state index contributed by atoms with van der Waals surface area (Å²) in [4.78, 5) is 0. The second kappa shape index (κ2) is 6.57. The Kier molecular flexibility index (Phi) is 4.71. The summed E-state index contributed by atoms with van der Waals surface area (Å²) in [5.74, 6) is 0. The summed E-state index contributed by atoms with van der Waals surface area (Å²) in [6, 6.07) is 19.7. The van der Waals surface area contributed by atoms with Gasteiger partial charge in [0.25, 0.3) is 0 Å². The third-order valence-electron chi connectivity index (χ3n) is 4.53. The van der Waals surface area contributed by atoms with Crippen molar-refractivity contribution in [2.45, 2.75) is 12.8 Å². The van der Waals surface area contributed by atoms with E-state index in [1.807, 2.05) is 60.7 Å².